The van der Waals surface area contributed by atoms with Crippen LogP contribution in [0.15, 0.2) is 53.1 Å². The number of hydrazone groups is 1. The summed E-state index contributed by atoms with van der Waals surface area (Å²) in [6.07, 6.45) is 1.77. The third-order valence-corrected chi connectivity index (χ3v) is 5.44. The number of amidine groups is 1. The van der Waals surface area contributed by atoms with Gasteiger partial charge in [0.1, 0.15) is 0 Å². The Morgan fingerprint density at radius 3 is 2.59 bits per heavy atom. The molecule has 0 bridgehead atoms. The first-order valence-corrected chi connectivity index (χ1v) is 10.0. The highest BCUT2D eigenvalue weighted by molar-refractivity contribution is 6.32. The number of carboxylic acid groups (broad SMARTS) is 1. The molecular weight excluding hydrogens is 406 g/mol. The van der Waals surface area contributed by atoms with E-state index in [1.54, 1.807) is 6.07 Å². The fourth-order valence-corrected chi connectivity index (χ4v) is 3.96. The quantitative estimate of drug-likeness (QED) is 0.596. The number of carbonyl (C=O) groups is 2. The van der Waals surface area contributed by atoms with E-state index >= 15 is 0 Å². The molecule has 32 heavy (non-hydrogen) atoms. The van der Waals surface area contributed by atoms with Crippen molar-refractivity contribution in [3.63, 3.8) is 0 Å². The third-order valence-electron chi connectivity index (χ3n) is 5.44. The molecule has 4 rings (SSSR count). The molecule has 0 saturated heterocycles. The fourth-order valence-electron chi connectivity index (χ4n) is 3.96. The van der Waals surface area contributed by atoms with Gasteiger partial charge in [0.15, 0.2) is 12.2 Å². The van der Waals surface area contributed by atoms with Crippen LogP contribution in [0.1, 0.15) is 23.1 Å². The minimum Gasteiger partial charge on any atom is -0.480 e. The molecule has 0 aliphatic carbocycles. The molecule has 8 nitrogen and oxygen atoms in total. The van der Waals surface area contributed by atoms with Crippen molar-refractivity contribution in [3.8, 4) is 0 Å². The van der Waals surface area contributed by atoms with Gasteiger partial charge in [-0.15, -0.1) is 5.01 Å². The van der Waals surface area contributed by atoms with Gasteiger partial charge in [-0.25, -0.2) is 4.85 Å². The monoisotopic (exact) mass is 425 g/mol. The lowest BCUT2D eigenvalue weighted by Gasteiger charge is -2.32. The highest BCUT2D eigenvalue weighted by Crippen LogP contribution is 2.36. The minimum atomic E-state index is -1.25. The van der Waals surface area contributed by atoms with Crippen LogP contribution in [0.25, 0.3) is 15.4 Å². The number of fused-ring (bicyclic) bond motifs is 1. The number of benzene rings is 2. The molecule has 0 aromatic heterocycles. The van der Waals surface area contributed by atoms with Crippen LogP contribution in [0.4, 0.5) is 11.4 Å². The Kier molecular flexibility index (Phi) is 5.44. The van der Waals surface area contributed by atoms with Gasteiger partial charge >= 0.3 is 5.97 Å². The average molecular weight is 425 g/mol. The molecule has 0 atom stereocenters. The van der Waals surface area contributed by atoms with Crippen molar-refractivity contribution in [3.05, 3.63) is 87.6 Å². The Bertz CT molecular complexity index is 1260. The van der Waals surface area contributed by atoms with Crippen LogP contribution in [0.5, 0.6) is 0 Å². The first-order valence-electron chi connectivity index (χ1n) is 10.0. The zero-order valence-electron chi connectivity index (χ0n) is 17.4. The fraction of sp³-hybridized carbons (Fsp3) is 0.208. The number of rotatable bonds is 4. The number of carboxylic acids is 1. The molecule has 0 fully saturated rings. The van der Waals surface area contributed by atoms with Crippen LogP contribution in [0, 0.1) is 20.1 Å². The van der Waals surface area contributed by atoms with Crippen LogP contribution < -0.4 is 4.90 Å². The summed E-state index contributed by atoms with van der Waals surface area (Å²) in [7, 11) is 0. The summed E-state index contributed by atoms with van der Waals surface area (Å²) in [5.41, 5.74) is 4.74. The van der Waals surface area contributed by atoms with Gasteiger partial charge < -0.3 is 14.9 Å². The first kappa shape index (κ1) is 20.8. The van der Waals surface area contributed by atoms with E-state index < -0.39 is 18.4 Å². The zero-order chi connectivity index (χ0) is 22.8. The van der Waals surface area contributed by atoms with Crippen LogP contribution >= 0.6 is 0 Å². The second-order valence-corrected chi connectivity index (χ2v) is 7.56. The molecule has 0 unspecified atom stereocenters. The molecule has 1 N–H and O–H groups in total. The summed E-state index contributed by atoms with van der Waals surface area (Å²) in [6, 6.07) is 13.9. The molecule has 158 valence electrons. The molecular formula is C24H19N5O3. The molecule has 0 spiro atoms. The van der Waals surface area contributed by atoms with Gasteiger partial charge in [-0.2, -0.15) is 0 Å². The number of amides is 1. The summed E-state index contributed by atoms with van der Waals surface area (Å²) < 4.78 is 0. The minimum absolute atomic E-state index is 0.00731. The van der Waals surface area contributed by atoms with Gasteiger partial charge in [-0.1, -0.05) is 36.4 Å². The van der Waals surface area contributed by atoms with E-state index in [1.807, 2.05) is 19.1 Å². The van der Waals surface area contributed by atoms with Gasteiger partial charge in [-0.3, -0.25) is 9.59 Å². The van der Waals surface area contributed by atoms with E-state index in [0.29, 0.717) is 10.6 Å². The van der Waals surface area contributed by atoms with Crippen LogP contribution in [-0.4, -0.2) is 40.9 Å². The summed E-state index contributed by atoms with van der Waals surface area (Å²) in [4.78, 5) is 32.8. The molecule has 2 heterocycles. The van der Waals surface area contributed by atoms with Crippen molar-refractivity contribution >= 4 is 34.8 Å². The molecule has 8 heteroatoms. The van der Waals surface area contributed by atoms with Crippen molar-refractivity contribution in [2.45, 2.75) is 19.8 Å². The number of hydrogen-bond donors (Lipinski definition) is 1. The van der Waals surface area contributed by atoms with E-state index in [1.165, 1.54) is 5.56 Å². The Labute approximate surface area is 185 Å². The Morgan fingerprint density at radius 2 is 1.94 bits per heavy atom. The normalized spacial score (nSPS) is 16.7. The maximum Gasteiger partial charge on any atom is 0.327 e. The number of hydrogen-bond acceptors (Lipinski definition) is 4. The van der Waals surface area contributed by atoms with E-state index in [2.05, 4.69) is 44.0 Å². The zero-order valence-corrected chi connectivity index (χ0v) is 17.4. The van der Waals surface area contributed by atoms with Crippen LogP contribution in [-0.2, 0) is 16.0 Å². The van der Waals surface area contributed by atoms with E-state index in [0.717, 1.165) is 36.3 Å². The van der Waals surface area contributed by atoms with Crippen molar-refractivity contribution in [2.24, 2.45) is 5.10 Å². The van der Waals surface area contributed by atoms with Crippen molar-refractivity contribution in [1.82, 2.24) is 5.01 Å². The Morgan fingerprint density at radius 1 is 1.19 bits per heavy atom. The predicted molar refractivity (Wildman–Crippen MR) is 120 cm³/mol. The maximum atomic E-state index is 12.7. The smallest absolute Gasteiger partial charge is 0.327 e. The summed E-state index contributed by atoms with van der Waals surface area (Å²) in [5, 5.41) is 13.5. The van der Waals surface area contributed by atoms with Gasteiger partial charge in [-0.05, 0) is 54.2 Å². The van der Waals surface area contributed by atoms with Gasteiger partial charge in [0.25, 0.3) is 11.7 Å². The standard InChI is InChI=1S/C24H19N5O3/c1-15-6-9-18(10-7-15)28-12-4-5-16-13-17(8-11-19(16)28)22(25-2)21-23(26-3)27-29(24(21)32)14-20(30)31/h6-11,13H,4-5,12,14H2,1H3,(H,30,31). The third kappa shape index (κ3) is 3.70. The molecule has 2 aliphatic heterocycles. The SMILES string of the molecule is [C-]#[N+]C1=NN(CC(=O)O)C(=O)C1=C([N+]#[C-])c1ccc2c(c1)CCCN2c1ccc(C)cc1. The number of nitrogens with zero attached hydrogens (tertiary/aromatic N) is 5. The van der Waals surface area contributed by atoms with Crippen molar-refractivity contribution < 1.29 is 14.7 Å². The average Bonchev–Trinajstić information content (AvgIpc) is 3.09. The first-order chi connectivity index (χ1) is 15.4. The highest BCUT2D eigenvalue weighted by atomic mass is 16.4. The van der Waals surface area contributed by atoms with Gasteiger partial charge in [0, 0.05) is 17.9 Å². The Hall–Kier alpha value is -4.43. The maximum absolute atomic E-state index is 12.7. The topological polar surface area (TPSA) is 81.9 Å². The molecule has 0 radical (unpaired) electrons. The van der Waals surface area contributed by atoms with Crippen molar-refractivity contribution in [2.75, 3.05) is 18.0 Å². The predicted octanol–water partition coefficient (Wildman–Crippen LogP) is 3.87. The lowest BCUT2D eigenvalue weighted by Crippen LogP contribution is -2.28. The van der Waals surface area contributed by atoms with E-state index in [-0.39, 0.29) is 17.1 Å². The van der Waals surface area contributed by atoms with Crippen molar-refractivity contribution in [1.29, 1.82) is 0 Å². The molecule has 2 aliphatic rings. The lowest BCUT2D eigenvalue weighted by molar-refractivity contribution is -0.142. The van der Waals surface area contributed by atoms with Crippen LogP contribution in [0.3, 0.4) is 0 Å². The molecule has 2 aromatic rings. The lowest BCUT2D eigenvalue weighted by atomic mass is 9.96. The van der Waals surface area contributed by atoms with Gasteiger partial charge in [0.05, 0.1) is 12.1 Å². The Balaban J connectivity index is 1.76. The highest BCUT2D eigenvalue weighted by Gasteiger charge is 2.37. The van der Waals surface area contributed by atoms with E-state index in [9.17, 15) is 9.59 Å². The second-order valence-electron chi connectivity index (χ2n) is 7.56. The summed E-state index contributed by atoms with van der Waals surface area (Å²) in [6.45, 7) is 17.3. The molecule has 1 amide bonds. The number of aryl methyl sites for hydroxylation is 2. The largest absolute Gasteiger partial charge is 0.480 e. The second kappa shape index (κ2) is 8.37. The number of aliphatic carboxylic acids is 1. The summed E-state index contributed by atoms with van der Waals surface area (Å²) in [5.74, 6) is -2.26. The number of anilines is 2. The number of carbonyl (C=O) groups excluding carboxylic acids is 1. The van der Waals surface area contributed by atoms with Gasteiger partial charge in [0.2, 0.25) is 0 Å². The molecule has 0 saturated carbocycles. The van der Waals surface area contributed by atoms with Crippen LogP contribution in [0.2, 0.25) is 0 Å². The molecule has 2 aromatic carbocycles. The van der Waals surface area contributed by atoms with E-state index in [4.69, 9.17) is 18.3 Å². The summed E-state index contributed by atoms with van der Waals surface area (Å²) >= 11 is 0.